The topological polar surface area (TPSA) is 44.8 Å². The standard InChI is InChI=1S/C9H12O4/c1-11-8(10)4-6-2-3-7-5-12-9(6)13-7/h4,7,9H,2-3,5H2,1H3/b6-4+/t7-,9+/m1/s1. The van der Waals surface area contributed by atoms with E-state index in [2.05, 4.69) is 4.74 Å². The third kappa shape index (κ3) is 1.73. The van der Waals surface area contributed by atoms with E-state index in [9.17, 15) is 4.79 Å². The highest BCUT2D eigenvalue weighted by molar-refractivity contribution is 5.82. The SMILES string of the molecule is COC(=O)/C=C1\CC[C@@H]2CO[C@H]1O2. The zero-order chi connectivity index (χ0) is 9.26. The first kappa shape index (κ1) is 8.72. The van der Waals surface area contributed by atoms with E-state index in [0.29, 0.717) is 6.61 Å². The molecule has 0 N–H and O–H groups in total. The maximum absolute atomic E-state index is 10.9. The molecule has 2 fully saturated rings. The number of ether oxygens (including phenoxy) is 3. The Morgan fingerprint density at radius 2 is 2.54 bits per heavy atom. The van der Waals surface area contributed by atoms with Crippen molar-refractivity contribution in [3.05, 3.63) is 11.6 Å². The summed E-state index contributed by atoms with van der Waals surface area (Å²) in [4.78, 5) is 10.9. The zero-order valence-electron chi connectivity index (χ0n) is 7.49. The predicted molar refractivity (Wildman–Crippen MR) is 43.9 cm³/mol. The van der Waals surface area contributed by atoms with E-state index in [1.54, 1.807) is 0 Å². The maximum atomic E-state index is 10.9. The average Bonchev–Trinajstić information content (AvgIpc) is 2.54. The molecule has 2 aliphatic heterocycles. The van der Waals surface area contributed by atoms with E-state index in [1.165, 1.54) is 13.2 Å². The molecule has 72 valence electrons. The third-order valence-corrected chi connectivity index (χ3v) is 2.31. The van der Waals surface area contributed by atoms with E-state index in [0.717, 1.165) is 18.4 Å². The van der Waals surface area contributed by atoms with Gasteiger partial charge in [-0.1, -0.05) is 0 Å². The number of hydrogen-bond acceptors (Lipinski definition) is 4. The Morgan fingerprint density at radius 3 is 3.31 bits per heavy atom. The van der Waals surface area contributed by atoms with Crippen LogP contribution in [0.5, 0.6) is 0 Å². The molecule has 0 spiro atoms. The average molecular weight is 184 g/mol. The van der Waals surface area contributed by atoms with Crippen LogP contribution in [0.2, 0.25) is 0 Å². The van der Waals surface area contributed by atoms with Crippen molar-refractivity contribution in [2.75, 3.05) is 13.7 Å². The minimum atomic E-state index is -0.340. The molecule has 2 rings (SSSR count). The number of hydrogen-bond donors (Lipinski definition) is 0. The van der Waals surface area contributed by atoms with E-state index in [1.807, 2.05) is 0 Å². The van der Waals surface area contributed by atoms with E-state index in [4.69, 9.17) is 9.47 Å². The predicted octanol–water partition coefficient (Wildman–Crippen LogP) is 0.621. The largest absolute Gasteiger partial charge is 0.466 e. The molecule has 0 aromatic rings. The Morgan fingerprint density at radius 1 is 1.69 bits per heavy atom. The van der Waals surface area contributed by atoms with Gasteiger partial charge in [-0.15, -0.1) is 0 Å². The van der Waals surface area contributed by atoms with Crippen molar-refractivity contribution >= 4 is 5.97 Å². The Kier molecular flexibility index (Phi) is 2.33. The summed E-state index contributed by atoms with van der Waals surface area (Å²) < 4.78 is 15.3. The van der Waals surface area contributed by atoms with Crippen LogP contribution in [0.25, 0.3) is 0 Å². The minimum Gasteiger partial charge on any atom is -0.466 e. The Hall–Kier alpha value is -0.870. The fourth-order valence-corrected chi connectivity index (χ4v) is 1.59. The molecule has 0 amide bonds. The van der Waals surface area contributed by atoms with Crippen LogP contribution in [0.15, 0.2) is 11.6 Å². The molecular weight excluding hydrogens is 172 g/mol. The molecule has 2 aliphatic rings. The number of esters is 1. The van der Waals surface area contributed by atoms with Gasteiger partial charge in [-0.25, -0.2) is 4.79 Å². The van der Waals surface area contributed by atoms with Gasteiger partial charge in [-0.3, -0.25) is 0 Å². The normalized spacial score (nSPS) is 35.0. The molecule has 4 nitrogen and oxygen atoms in total. The summed E-state index contributed by atoms with van der Waals surface area (Å²) in [5.41, 5.74) is 0.889. The van der Waals surface area contributed by atoms with Crippen LogP contribution in [0.3, 0.4) is 0 Å². The number of rotatable bonds is 1. The Balaban J connectivity index is 2.07. The lowest BCUT2D eigenvalue weighted by atomic mass is 10.0. The van der Waals surface area contributed by atoms with Crippen LogP contribution < -0.4 is 0 Å². The first-order valence-electron chi connectivity index (χ1n) is 4.35. The van der Waals surface area contributed by atoms with Crippen LogP contribution in [-0.2, 0) is 19.0 Å². The van der Waals surface area contributed by atoms with Crippen molar-refractivity contribution in [1.29, 1.82) is 0 Å². The third-order valence-electron chi connectivity index (χ3n) is 2.31. The molecule has 0 aliphatic carbocycles. The molecule has 2 heterocycles. The highest BCUT2D eigenvalue weighted by Crippen LogP contribution is 2.30. The maximum Gasteiger partial charge on any atom is 0.330 e. The molecular formula is C9H12O4. The van der Waals surface area contributed by atoms with Gasteiger partial charge in [0.15, 0.2) is 6.29 Å². The molecule has 13 heavy (non-hydrogen) atoms. The van der Waals surface area contributed by atoms with Gasteiger partial charge in [0.2, 0.25) is 0 Å². The number of methoxy groups -OCH3 is 1. The molecule has 0 aromatic heterocycles. The van der Waals surface area contributed by atoms with Crippen LogP contribution in [0.1, 0.15) is 12.8 Å². The van der Waals surface area contributed by atoms with Gasteiger partial charge >= 0.3 is 5.97 Å². The van der Waals surface area contributed by atoms with Crippen molar-refractivity contribution < 1.29 is 19.0 Å². The molecule has 0 radical (unpaired) electrons. The Labute approximate surface area is 76.5 Å². The highest BCUT2D eigenvalue weighted by Gasteiger charge is 2.34. The van der Waals surface area contributed by atoms with E-state index >= 15 is 0 Å². The minimum absolute atomic E-state index is 0.222. The number of fused-ring (bicyclic) bond motifs is 2. The second-order valence-electron chi connectivity index (χ2n) is 3.20. The molecule has 0 saturated carbocycles. The quantitative estimate of drug-likeness (QED) is 0.442. The summed E-state index contributed by atoms with van der Waals surface area (Å²) in [5, 5.41) is 0. The van der Waals surface area contributed by atoms with Gasteiger partial charge < -0.3 is 14.2 Å². The molecule has 0 unspecified atom stereocenters. The molecule has 4 heteroatoms. The monoisotopic (exact) mass is 184 g/mol. The Bertz CT molecular complexity index is 246. The molecule has 2 bridgehead atoms. The smallest absolute Gasteiger partial charge is 0.330 e. The summed E-state index contributed by atoms with van der Waals surface area (Å²) in [5.74, 6) is -0.340. The van der Waals surface area contributed by atoms with Crippen LogP contribution in [0, 0.1) is 0 Å². The fourth-order valence-electron chi connectivity index (χ4n) is 1.59. The molecule has 0 aromatic carbocycles. The van der Waals surface area contributed by atoms with Crippen LogP contribution in [0.4, 0.5) is 0 Å². The molecule has 2 atom stereocenters. The van der Waals surface area contributed by atoms with Gasteiger partial charge in [0, 0.05) is 6.08 Å². The summed E-state index contributed by atoms with van der Waals surface area (Å²) >= 11 is 0. The van der Waals surface area contributed by atoms with Crippen molar-refractivity contribution in [1.82, 2.24) is 0 Å². The first-order valence-corrected chi connectivity index (χ1v) is 4.35. The van der Waals surface area contributed by atoms with Crippen LogP contribution in [-0.4, -0.2) is 32.1 Å². The first-order chi connectivity index (χ1) is 6.29. The van der Waals surface area contributed by atoms with Crippen molar-refractivity contribution in [2.24, 2.45) is 0 Å². The lowest BCUT2D eigenvalue weighted by Crippen LogP contribution is -2.21. The van der Waals surface area contributed by atoms with Gasteiger partial charge in [-0.2, -0.15) is 0 Å². The second kappa shape index (κ2) is 3.47. The number of carbonyl (C=O) groups excluding carboxylic acids is 1. The lowest BCUT2D eigenvalue weighted by Gasteiger charge is -2.20. The van der Waals surface area contributed by atoms with Crippen LogP contribution >= 0.6 is 0 Å². The van der Waals surface area contributed by atoms with Crippen molar-refractivity contribution in [3.8, 4) is 0 Å². The second-order valence-corrected chi connectivity index (χ2v) is 3.20. The fraction of sp³-hybridized carbons (Fsp3) is 0.667. The van der Waals surface area contributed by atoms with E-state index < -0.39 is 0 Å². The summed E-state index contributed by atoms with van der Waals surface area (Å²) in [6.07, 6.45) is 3.17. The van der Waals surface area contributed by atoms with Gasteiger partial charge in [-0.05, 0) is 18.4 Å². The molecule has 2 saturated heterocycles. The summed E-state index contributed by atoms with van der Waals surface area (Å²) in [6.45, 7) is 0.642. The summed E-state index contributed by atoms with van der Waals surface area (Å²) in [7, 11) is 1.36. The lowest BCUT2D eigenvalue weighted by molar-refractivity contribution is -0.135. The summed E-state index contributed by atoms with van der Waals surface area (Å²) in [6, 6.07) is 0. The van der Waals surface area contributed by atoms with Gasteiger partial charge in [0.25, 0.3) is 0 Å². The highest BCUT2D eigenvalue weighted by atomic mass is 16.7. The van der Waals surface area contributed by atoms with Gasteiger partial charge in [0.1, 0.15) is 0 Å². The van der Waals surface area contributed by atoms with E-state index in [-0.39, 0.29) is 18.4 Å². The van der Waals surface area contributed by atoms with Crippen molar-refractivity contribution in [2.45, 2.75) is 25.2 Å². The number of carbonyl (C=O) groups is 1. The van der Waals surface area contributed by atoms with Crippen molar-refractivity contribution in [3.63, 3.8) is 0 Å². The zero-order valence-corrected chi connectivity index (χ0v) is 7.49. The van der Waals surface area contributed by atoms with Gasteiger partial charge in [0.05, 0.1) is 19.8 Å².